The minimum Gasteiger partial charge on any atom is -0.426 e. The quantitative estimate of drug-likeness (QED) is 0.0823. The first-order chi connectivity index (χ1) is 16.2. The Kier molecular flexibility index (Phi) is 14.9. The molecular weight excluding hydrogens is 433 g/mol. The van der Waals surface area contributed by atoms with Gasteiger partial charge in [-0.05, 0) is 56.8 Å². The molecule has 7 N–H and O–H groups in total. The van der Waals surface area contributed by atoms with Gasteiger partial charge in [-0.15, -0.1) is 0 Å². The Morgan fingerprint density at radius 2 is 1.74 bits per heavy atom. The van der Waals surface area contributed by atoms with Crippen LogP contribution < -0.4 is 21.3 Å². The molecule has 0 aliphatic heterocycles. The largest absolute Gasteiger partial charge is 0.475 e. The standard InChI is InChI=1S/C24H48BN5O4/c1-5-6-7-9-18-11-13-19(14-12-18)22(31)29-20(10-8-15-28-24(26)27-4)23(32)30-21(25(33)34)16-17(2)3/h17-21,33-34H,5-16H2,1-4H3,(H,29,31)(H,30,32)(H3,26,27,28)/t18-,19-,20-,21-/m0/s1. The number of carbonyl (C=O) groups is 2. The summed E-state index contributed by atoms with van der Waals surface area (Å²) >= 11 is 0. The lowest BCUT2D eigenvalue weighted by atomic mass is 9.75. The van der Waals surface area contributed by atoms with Crippen LogP contribution in [0.2, 0.25) is 0 Å². The number of unbranched alkanes of at least 4 members (excludes halogenated alkanes) is 2. The van der Waals surface area contributed by atoms with E-state index < -0.39 is 25.0 Å². The van der Waals surface area contributed by atoms with Crippen molar-refractivity contribution >= 4 is 24.9 Å². The second-order valence-electron chi connectivity index (χ2n) is 10.1. The molecule has 196 valence electrons. The van der Waals surface area contributed by atoms with E-state index in [9.17, 15) is 19.6 Å². The number of amides is 2. The molecule has 0 aromatic heterocycles. The van der Waals surface area contributed by atoms with Crippen LogP contribution in [0.25, 0.3) is 0 Å². The number of rotatable bonds is 15. The van der Waals surface area contributed by atoms with Gasteiger partial charge < -0.3 is 31.3 Å². The van der Waals surface area contributed by atoms with Crippen LogP contribution in [0.1, 0.15) is 91.4 Å². The van der Waals surface area contributed by atoms with Gasteiger partial charge in [0.2, 0.25) is 11.8 Å². The highest BCUT2D eigenvalue weighted by Crippen LogP contribution is 2.32. The van der Waals surface area contributed by atoms with E-state index in [4.69, 9.17) is 5.41 Å². The lowest BCUT2D eigenvalue weighted by Crippen LogP contribution is -2.55. The van der Waals surface area contributed by atoms with E-state index in [1.807, 2.05) is 13.8 Å². The highest BCUT2D eigenvalue weighted by Gasteiger charge is 2.32. The topological polar surface area (TPSA) is 147 Å². The van der Waals surface area contributed by atoms with Crippen molar-refractivity contribution in [2.75, 3.05) is 13.6 Å². The molecule has 9 nitrogen and oxygen atoms in total. The molecule has 0 heterocycles. The van der Waals surface area contributed by atoms with Crippen molar-refractivity contribution in [3.05, 3.63) is 0 Å². The Morgan fingerprint density at radius 3 is 2.29 bits per heavy atom. The van der Waals surface area contributed by atoms with Gasteiger partial charge in [0.05, 0.1) is 5.94 Å². The highest BCUT2D eigenvalue weighted by molar-refractivity contribution is 6.43. The normalized spacial score (nSPS) is 19.7. The van der Waals surface area contributed by atoms with E-state index in [0.717, 1.165) is 25.7 Å². The molecule has 1 aliphatic carbocycles. The number of guanidine groups is 1. The van der Waals surface area contributed by atoms with Crippen LogP contribution in [-0.2, 0) is 9.59 Å². The zero-order valence-corrected chi connectivity index (χ0v) is 21.7. The van der Waals surface area contributed by atoms with Gasteiger partial charge >= 0.3 is 7.12 Å². The molecule has 34 heavy (non-hydrogen) atoms. The Bertz CT molecular complexity index is 612. The first-order valence-corrected chi connectivity index (χ1v) is 13.1. The van der Waals surface area contributed by atoms with E-state index in [1.54, 1.807) is 7.05 Å². The highest BCUT2D eigenvalue weighted by atomic mass is 16.4. The molecule has 2 amide bonds. The van der Waals surface area contributed by atoms with E-state index in [2.05, 4.69) is 28.2 Å². The zero-order chi connectivity index (χ0) is 25.5. The third-order valence-corrected chi connectivity index (χ3v) is 6.70. The van der Waals surface area contributed by atoms with Gasteiger partial charge in [0.25, 0.3) is 0 Å². The molecule has 0 spiro atoms. The SMILES string of the molecule is CCCCC[C@H]1CC[C@H](C(=O)N[C@@H](CCCNC(=N)NC)C(=O)N[C@@H](CC(C)C)B(O)O)CC1. The van der Waals surface area contributed by atoms with Crippen LogP contribution in [0, 0.1) is 23.2 Å². The molecule has 0 bridgehead atoms. The molecule has 0 radical (unpaired) electrons. The fourth-order valence-corrected chi connectivity index (χ4v) is 4.61. The van der Waals surface area contributed by atoms with Crippen molar-refractivity contribution in [1.29, 1.82) is 5.41 Å². The minimum atomic E-state index is -1.66. The summed E-state index contributed by atoms with van der Waals surface area (Å²) in [7, 11) is -0.0113. The predicted octanol–water partition coefficient (Wildman–Crippen LogP) is 1.92. The van der Waals surface area contributed by atoms with Crippen molar-refractivity contribution in [2.24, 2.45) is 17.8 Å². The van der Waals surface area contributed by atoms with Gasteiger partial charge in [0, 0.05) is 19.5 Å². The number of carbonyl (C=O) groups excluding carboxylic acids is 2. The summed E-state index contributed by atoms with van der Waals surface area (Å²) in [5.74, 6) is -0.294. The second kappa shape index (κ2) is 16.8. The van der Waals surface area contributed by atoms with Crippen LogP contribution in [0.3, 0.4) is 0 Å². The van der Waals surface area contributed by atoms with Crippen molar-refractivity contribution < 1.29 is 19.6 Å². The lowest BCUT2D eigenvalue weighted by molar-refractivity contribution is -0.132. The summed E-state index contributed by atoms with van der Waals surface area (Å²) in [5.41, 5.74) is 0. The predicted molar refractivity (Wildman–Crippen MR) is 137 cm³/mol. The molecule has 0 aromatic carbocycles. The third-order valence-electron chi connectivity index (χ3n) is 6.70. The van der Waals surface area contributed by atoms with Gasteiger partial charge in [-0.25, -0.2) is 0 Å². The fourth-order valence-electron chi connectivity index (χ4n) is 4.61. The van der Waals surface area contributed by atoms with E-state index in [-0.39, 0.29) is 23.7 Å². The zero-order valence-electron chi connectivity index (χ0n) is 21.7. The maximum Gasteiger partial charge on any atom is 0.475 e. The molecule has 2 atom stereocenters. The average Bonchev–Trinajstić information content (AvgIpc) is 2.80. The average molecular weight is 481 g/mol. The van der Waals surface area contributed by atoms with Crippen molar-refractivity contribution in [3.63, 3.8) is 0 Å². The monoisotopic (exact) mass is 481 g/mol. The van der Waals surface area contributed by atoms with Gasteiger partial charge in [0.1, 0.15) is 6.04 Å². The molecule has 0 saturated heterocycles. The minimum absolute atomic E-state index is 0.0804. The fraction of sp³-hybridized carbons (Fsp3) is 0.875. The Morgan fingerprint density at radius 1 is 1.06 bits per heavy atom. The van der Waals surface area contributed by atoms with E-state index in [1.165, 1.54) is 25.7 Å². The summed E-state index contributed by atoms with van der Waals surface area (Å²) in [6.07, 6.45) is 10.2. The van der Waals surface area contributed by atoms with Crippen LogP contribution in [0.15, 0.2) is 0 Å². The summed E-state index contributed by atoms with van der Waals surface area (Å²) in [6.45, 7) is 6.59. The molecule has 1 fully saturated rings. The first kappa shape index (κ1) is 30.2. The van der Waals surface area contributed by atoms with Crippen molar-refractivity contribution in [1.82, 2.24) is 21.3 Å². The Balaban J connectivity index is 2.69. The van der Waals surface area contributed by atoms with E-state index in [0.29, 0.717) is 31.7 Å². The third kappa shape index (κ3) is 12.1. The van der Waals surface area contributed by atoms with Gasteiger partial charge in [-0.1, -0.05) is 46.5 Å². The summed E-state index contributed by atoms with van der Waals surface area (Å²) in [6, 6.07) is -0.756. The summed E-state index contributed by atoms with van der Waals surface area (Å²) < 4.78 is 0. The van der Waals surface area contributed by atoms with Crippen molar-refractivity contribution in [2.45, 2.75) is 103 Å². The smallest absolute Gasteiger partial charge is 0.426 e. The molecule has 1 rings (SSSR count). The Hall–Kier alpha value is -1.81. The van der Waals surface area contributed by atoms with Gasteiger partial charge in [-0.2, -0.15) is 0 Å². The summed E-state index contributed by atoms with van der Waals surface area (Å²) in [5, 5.41) is 38.3. The molecule has 0 aromatic rings. The second-order valence-corrected chi connectivity index (χ2v) is 10.1. The van der Waals surface area contributed by atoms with Crippen LogP contribution in [0.4, 0.5) is 0 Å². The number of nitrogens with one attached hydrogen (secondary N) is 5. The number of hydrogen-bond acceptors (Lipinski definition) is 5. The van der Waals surface area contributed by atoms with Crippen LogP contribution in [0.5, 0.6) is 0 Å². The maximum atomic E-state index is 13.0. The maximum absolute atomic E-state index is 13.0. The molecule has 10 heteroatoms. The number of hydrogen-bond donors (Lipinski definition) is 7. The van der Waals surface area contributed by atoms with Crippen LogP contribution >= 0.6 is 0 Å². The summed E-state index contributed by atoms with van der Waals surface area (Å²) in [4.78, 5) is 26.0. The van der Waals surface area contributed by atoms with Crippen LogP contribution in [-0.4, -0.2) is 60.5 Å². The molecular formula is C24H48BN5O4. The Labute approximate surface area is 206 Å². The van der Waals surface area contributed by atoms with Gasteiger partial charge in [0.15, 0.2) is 5.96 Å². The van der Waals surface area contributed by atoms with E-state index >= 15 is 0 Å². The molecule has 1 aliphatic rings. The molecule has 1 saturated carbocycles. The van der Waals surface area contributed by atoms with Gasteiger partial charge in [-0.3, -0.25) is 15.0 Å². The molecule has 0 unspecified atom stereocenters. The van der Waals surface area contributed by atoms with Crippen molar-refractivity contribution in [3.8, 4) is 0 Å². The first-order valence-electron chi connectivity index (χ1n) is 13.1. The lowest BCUT2D eigenvalue weighted by Gasteiger charge is -2.30.